The molecule has 0 saturated heterocycles. The van der Waals surface area contributed by atoms with Gasteiger partial charge in [0.2, 0.25) is 10.0 Å². The summed E-state index contributed by atoms with van der Waals surface area (Å²) in [4.78, 5) is 7.53. The van der Waals surface area contributed by atoms with Crippen molar-refractivity contribution in [2.45, 2.75) is 11.8 Å². The molecule has 0 atom stereocenters. The normalized spacial score (nSPS) is 11.7. The molecule has 0 aliphatic rings. The van der Waals surface area contributed by atoms with Gasteiger partial charge in [-0.2, -0.15) is 0 Å². The number of rotatable bonds is 3. The number of nitrogens with two attached hydrogens (primary N) is 1. The number of aryl methyl sites for hydroxylation is 1. The predicted molar refractivity (Wildman–Crippen MR) is 86.8 cm³/mol. The summed E-state index contributed by atoms with van der Waals surface area (Å²) in [6.07, 6.45) is 1.43. The Kier molecular flexibility index (Phi) is 4.16. The minimum absolute atomic E-state index is 0.166. The van der Waals surface area contributed by atoms with E-state index >= 15 is 0 Å². The summed E-state index contributed by atoms with van der Waals surface area (Å²) in [5, 5.41) is 7.48. The van der Waals surface area contributed by atoms with Crippen molar-refractivity contribution in [1.29, 1.82) is 0 Å². The quantitative estimate of drug-likeness (QED) is 0.771. The van der Waals surface area contributed by atoms with Gasteiger partial charge in [0.25, 0.3) is 0 Å². The van der Waals surface area contributed by atoms with Crippen LogP contribution in [0.5, 0.6) is 0 Å². The summed E-state index contributed by atoms with van der Waals surface area (Å²) in [6.45, 7) is 1.82. The van der Waals surface area contributed by atoms with Crippen molar-refractivity contribution < 1.29 is 17.2 Å². The van der Waals surface area contributed by atoms with Crippen LogP contribution >= 0.6 is 11.3 Å². The van der Waals surface area contributed by atoms with Crippen LogP contribution in [-0.4, -0.2) is 18.4 Å². The molecule has 0 aliphatic carbocycles. The summed E-state index contributed by atoms with van der Waals surface area (Å²) in [7, 11) is -4.36. The largest absolute Gasteiger partial charge is 0.255 e. The molecule has 2 N–H and O–H groups in total. The molecule has 1 aromatic carbocycles. The van der Waals surface area contributed by atoms with E-state index in [0.29, 0.717) is 17.3 Å². The average molecular weight is 367 g/mol. The van der Waals surface area contributed by atoms with Gasteiger partial charge in [-0.25, -0.2) is 27.3 Å². The van der Waals surface area contributed by atoms with Crippen molar-refractivity contribution in [1.82, 2.24) is 9.97 Å². The van der Waals surface area contributed by atoms with Crippen molar-refractivity contribution in [2.24, 2.45) is 5.14 Å². The second kappa shape index (κ2) is 6.00. The molecule has 9 heteroatoms. The molecule has 124 valence electrons. The van der Waals surface area contributed by atoms with Gasteiger partial charge in [0.1, 0.15) is 16.5 Å². The summed E-state index contributed by atoms with van der Waals surface area (Å²) in [5.74, 6) is -2.08. The molecule has 3 rings (SSSR count). The summed E-state index contributed by atoms with van der Waals surface area (Å²) < 4.78 is 51.1. The Labute approximate surface area is 140 Å². The number of primary sulfonamides is 1. The van der Waals surface area contributed by atoms with Crippen LogP contribution in [0.15, 0.2) is 40.7 Å². The third kappa shape index (κ3) is 3.05. The van der Waals surface area contributed by atoms with Crippen molar-refractivity contribution in [3.8, 4) is 22.5 Å². The minimum atomic E-state index is -4.36. The zero-order valence-electron chi connectivity index (χ0n) is 12.3. The van der Waals surface area contributed by atoms with E-state index in [4.69, 9.17) is 5.14 Å². The Hall–Kier alpha value is -2.23. The number of benzene rings is 1. The number of hydrogen-bond donors (Lipinski definition) is 1. The topological polar surface area (TPSA) is 85.9 Å². The first-order chi connectivity index (χ1) is 11.3. The van der Waals surface area contributed by atoms with E-state index in [0.717, 1.165) is 11.1 Å². The number of hydrogen-bond acceptors (Lipinski definition) is 5. The Morgan fingerprint density at radius 2 is 1.92 bits per heavy atom. The second-order valence-corrected chi connectivity index (χ2v) is 7.55. The zero-order chi connectivity index (χ0) is 17.5. The monoisotopic (exact) mass is 367 g/mol. The highest BCUT2D eigenvalue weighted by atomic mass is 32.2. The van der Waals surface area contributed by atoms with Gasteiger partial charge in [0.05, 0.1) is 16.4 Å². The van der Waals surface area contributed by atoms with E-state index in [2.05, 4.69) is 9.97 Å². The van der Waals surface area contributed by atoms with Crippen LogP contribution in [0.2, 0.25) is 0 Å². The van der Waals surface area contributed by atoms with Gasteiger partial charge in [0, 0.05) is 22.7 Å². The van der Waals surface area contributed by atoms with E-state index < -0.39 is 26.6 Å². The number of sulfonamides is 1. The van der Waals surface area contributed by atoms with E-state index in [1.807, 2.05) is 6.92 Å². The van der Waals surface area contributed by atoms with Gasteiger partial charge in [-0.1, -0.05) is 0 Å². The Bertz CT molecular complexity index is 1030. The fraction of sp³-hybridized carbons (Fsp3) is 0.0667. The molecule has 0 saturated carbocycles. The van der Waals surface area contributed by atoms with Gasteiger partial charge in [-0.05, 0) is 31.2 Å². The Morgan fingerprint density at radius 3 is 2.54 bits per heavy atom. The van der Waals surface area contributed by atoms with E-state index in [1.165, 1.54) is 17.5 Å². The summed E-state index contributed by atoms with van der Waals surface area (Å²) in [5.41, 5.74) is 1.10. The maximum atomic E-state index is 14.4. The lowest BCUT2D eigenvalue weighted by atomic mass is 10.0. The van der Waals surface area contributed by atoms with Crippen LogP contribution < -0.4 is 5.14 Å². The molecule has 3 aromatic rings. The first kappa shape index (κ1) is 16.6. The first-order valence-corrected chi connectivity index (χ1v) is 9.09. The van der Waals surface area contributed by atoms with Gasteiger partial charge >= 0.3 is 0 Å². The molecule has 0 radical (unpaired) electrons. The molecule has 24 heavy (non-hydrogen) atoms. The molecule has 0 spiro atoms. The molecule has 2 heterocycles. The summed E-state index contributed by atoms with van der Waals surface area (Å²) in [6, 6.07) is 4.67. The molecule has 5 nitrogen and oxygen atoms in total. The molecule has 0 aliphatic heterocycles. The number of nitrogens with zero attached hydrogens (tertiary/aromatic N) is 2. The predicted octanol–water partition coefficient (Wildman–Crippen LogP) is 3.11. The highest BCUT2D eigenvalue weighted by Gasteiger charge is 2.21. The highest BCUT2D eigenvalue weighted by Crippen LogP contribution is 2.33. The molecular weight excluding hydrogens is 356 g/mol. The fourth-order valence-electron chi connectivity index (χ4n) is 2.24. The second-order valence-electron chi connectivity index (χ2n) is 4.96. The molecular formula is C15H11F2N3O2S2. The molecule has 0 unspecified atom stereocenters. The number of thiazole rings is 1. The highest BCUT2D eigenvalue weighted by molar-refractivity contribution is 7.89. The SMILES string of the molecule is Cc1nc(-c2cccnc2-c2cc(F)c(S(N)(=O)=O)cc2F)cs1. The number of aromatic nitrogens is 2. The Balaban J connectivity index is 2.23. The smallest absolute Gasteiger partial charge is 0.241 e. The van der Waals surface area contributed by atoms with Gasteiger partial charge in [0.15, 0.2) is 0 Å². The van der Waals surface area contributed by atoms with E-state index in [1.54, 1.807) is 17.5 Å². The Morgan fingerprint density at radius 1 is 1.17 bits per heavy atom. The summed E-state index contributed by atoms with van der Waals surface area (Å²) >= 11 is 1.41. The maximum absolute atomic E-state index is 14.4. The minimum Gasteiger partial charge on any atom is -0.255 e. The number of pyridine rings is 1. The van der Waals surface area contributed by atoms with Crippen LogP contribution in [0, 0.1) is 18.6 Å². The van der Waals surface area contributed by atoms with Crippen LogP contribution in [0.3, 0.4) is 0 Å². The van der Waals surface area contributed by atoms with Gasteiger partial charge in [-0.15, -0.1) is 11.3 Å². The standard InChI is InChI=1S/C15H11F2N3O2S2/c1-8-20-13(7-23-8)9-3-2-4-19-15(9)10-5-12(17)14(6-11(10)16)24(18,21)22/h2-7H,1H3,(H2,18,21,22). The van der Waals surface area contributed by atoms with Gasteiger partial charge < -0.3 is 0 Å². The van der Waals surface area contributed by atoms with Crippen molar-refractivity contribution in [3.63, 3.8) is 0 Å². The molecule has 0 amide bonds. The third-order valence-electron chi connectivity index (χ3n) is 3.29. The molecule has 2 aromatic heterocycles. The van der Waals surface area contributed by atoms with E-state index in [9.17, 15) is 17.2 Å². The molecule has 0 fully saturated rings. The lowest BCUT2D eigenvalue weighted by Crippen LogP contribution is -2.14. The van der Waals surface area contributed by atoms with Crippen LogP contribution in [0.1, 0.15) is 5.01 Å². The van der Waals surface area contributed by atoms with Crippen LogP contribution in [-0.2, 0) is 10.0 Å². The first-order valence-electron chi connectivity index (χ1n) is 6.67. The lowest BCUT2D eigenvalue weighted by molar-refractivity contribution is 0.555. The van der Waals surface area contributed by atoms with E-state index in [-0.39, 0.29) is 11.3 Å². The van der Waals surface area contributed by atoms with Crippen molar-refractivity contribution >= 4 is 21.4 Å². The van der Waals surface area contributed by atoms with Crippen molar-refractivity contribution in [2.75, 3.05) is 0 Å². The number of halogens is 2. The lowest BCUT2D eigenvalue weighted by Gasteiger charge is -2.09. The average Bonchev–Trinajstić information content (AvgIpc) is 2.94. The maximum Gasteiger partial charge on any atom is 0.241 e. The fourth-order valence-corrected chi connectivity index (χ4v) is 3.45. The van der Waals surface area contributed by atoms with Crippen molar-refractivity contribution in [3.05, 3.63) is 52.5 Å². The van der Waals surface area contributed by atoms with Gasteiger partial charge in [-0.3, -0.25) is 4.98 Å². The third-order valence-corrected chi connectivity index (χ3v) is 4.99. The zero-order valence-corrected chi connectivity index (χ0v) is 14.0. The molecule has 0 bridgehead atoms. The van der Waals surface area contributed by atoms with Crippen LogP contribution in [0.4, 0.5) is 8.78 Å². The van der Waals surface area contributed by atoms with Crippen LogP contribution in [0.25, 0.3) is 22.5 Å².